The van der Waals surface area contributed by atoms with Gasteiger partial charge in [0, 0.05) is 29.6 Å². The summed E-state index contributed by atoms with van der Waals surface area (Å²) in [6.45, 7) is 4.62. The second-order valence-electron chi connectivity index (χ2n) is 4.71. The summed E-state index contributed by atoms with van der Waals surface area (Å²) in [7, 11) is 0. The molecule has 0 unspecified atom stereocenters. The molecule has 100 valence electrons. The third kappa shape index (κ3) is 3.55. The number of para-hydroxylation sites is 1. The lowest BCUT2D eigenvalue weighted by Gasteiger charge is -2.15. The highest BCUT2D eigenvalue weighted by Crippen LogP contribution is 2.26. The zero-order chi connectivity index (χ0) is 13.7. The van der Waals surface area contributed by atoms with Crippen LogP contribution < -0.4 is 10.5 Å². The minimum atomic E-state index is 0.0202. The van der Waals surface area contributed by atoms with Gasteiger partial charge in [0.1, 0.15) is 12.4 Å². The maximum atomic E-state index is 6.10. The van der Waals surface area contributed by atoms with E-state index in [1.807, 2.05) is 43.6 Å². The summed E-state index contributed by atoms with van der Waals surface area (Å²) >= 11 is 0. The van der Waals surface area contributed by atoms with E-state index in [9.17, 15) is 0 Å². The Labute approximate surface area is 114 Å². The number of aryl methyl sites for hydroxylation is 1. The van der Waals surface area contributed by atoms with Gasteiger partial charge in [0.25, 0.3) is 0 Å². The van der Waals surface area contributed by atoms with Crippen molar-refractivity contribution in [3.8, 4) is 5.75 Å². The first-order valence-corrected chi connectivity index (χ1v) is 6.58. The van der Waals surface area contributed by atoms with Crippen molar-refractivity contribution in [1.29, 1.82) is 0 Å². The molecule has 0 aliphatic heterocycles. The summed E-state index contributed by atoms with van der Waals surface area (Å²) in [5, 5.41) is 0. The standard InChI is InChI=1S/C16H20N2O/c1-3-15(17)14-6-4-5-7-16(14)19-11-13-8-12(2)9-18-10-13/h4-10,15H,3,11,17H2,1-2H3/t15-/m0/s1. The van der Waals surface area contributed by atoms with Crippen molar-refractivity contribution in [2.75, 3.05) is 0 Å². The highest BCUT2D eigenvalue weighted by molar-refractivity contribution is 5.36. The monoisotopic (exact) mass is 256 g/mol. The topological polar surface area (TPSA) is 48.1 Å². The Balaban J connectivity index is 2.11. The largest absolute Gasteiger partial charge is 0.489 e. The molecule has 2 N–H and O–H groups in total. The van der Waals surface area contributed by atoms with Crippen molar-refractivity contribution >= 4 is 0 Å². The third-order valence-electron chi connectivity index (χ3n) is 3.08. The highest BCUT2D eigenvalue weighted by Gasteiger charge is 2.09. The van der Waals surface area contributed by atoms with Crippen molar-refractivity contribution in [2.24, 2.45) is 5.73 Å². The van der Waals surface area contributed by atoms with Crippen LogP contribution in [0.2, 0.25) is 0 Å². The summed E-state index contributed by atoms with van der Waals surface area (Å²) in [4.78, 5) is 4.17. The normalized spacial score (nSPS) is 12.2. The van der Waals surface area contributed by atoms with Crippen LogP contribution >= 0.6 is 0 Å². The molecule has 2 aromatic rings. The molecule has 1 aromatic carbocycles. The van der Waals surface area contributed by atoms with E-state index < -0.39 is 0 Å². The van der Waals surface area contributed by atoms with E-state index in [-0.39, 0.29) is 6.04 Å². The first-order valence-electron chi connectivity index (χ1n) is 6.58. The minimum absolute atomic E-state index is 0.0202. The zero-order valence-corrected chi connectivity index (χ0v) is 11.5. The van der Waals surface area contributed by atoms with Gasteiger partial charge in [0.2, 0.25) is 0 Å². The SMILES string of the molecule is CC[C@H](N)c1ccccc1OCc1cncc(C)c1. The van der Waals surface area contributed by atoms with Crippen molar-refractivity contribution in [3.05, 3.63) is 59.4 Å². The van der Waals surface area contributed by atoms with Gasteiger partial charge in [-0.1, -0.05) is 25.1 Å². The van der Waals surface area contributed by atoms with Gasteiger partial charge in [-0.25, -0.2) is 0 Å². The van der Waals surface area contributed by atoms with Crippen LogP contribution in [-0.2, 0) is 6.61 Å². The number of pyridine rings is 1. The number of rotatable bonds is 5. The lowest BCUT2D eigenvalue weighted by Crippen LogP contribution is -2.10. The molecule has 0 saturated carbocycles. The molecule has 0 bridgehead atoms. The Kier molecular flexibility index (Phi) is 4.53. The van der Waals surface area contributed by atoms with Crippen molar-refractivity contribution in [1.82, 2.24) is 4.98 Å². The molecule has 1 atom stereocenters. The Bertz CT molecular complexity index is 540. The van der Waals surface area contributed by atoms with Gasteiger partial charge in [0.15, 0.2) is 0 Å². The van der Waals surface area contributed by atoms with E-state index in [0.717, 1.165) is 28.9 Å². The molecular formula is C16H20N2O. The van der Waals surface area contributed by atoms with Crippen LogP contribution in [-0.4, -0.2) is 4.98 Å². The van der Waals surface area contributed by atoms with E-state index in [4.69, 9.17) is 10.5 Å². The van der Waals surface area contributed by atoms with Gasteiger partial charge < -0.3 is 10.5 Å². The number of benzene rings is 1. The van der Waals surface area contributed by atoms with Crippen LogP contribution in [0.15, 0.2) is 42.7 Å². The Morgan fingerprint density at radius 2 is 2.05 bits per heavy atom. The van der Waals surface area contributed by atoms with E-state index in [1.165, 1.54) is 0 Å². The third-order valence-corrected chi connectivity index (χ3v) is 3.08. The summed E-state index contributed by atoms with van der Waals surface area (Å²) in [5.74, 6) is 0.860. The van der Waals surface area contributed by atoms with Crippen molar-refractivity contribution in [2.45, 2.75) is 32.9 Å². The fourth-order valence-electron chi connectivity index (χ4n) is 2.00. The summed E-state index contributed by atoms with van der Waals surface area (Å²) in [5.41, 5.74) is 9.36. The Morgan fingerprint density at radius 1 is 1.26 bits per heavy atom. The second kappa shape index (κ2) is 6.34. The smallest absolute Gasteiger partial charge is 0.124 e. The quantitative estimate of drug-likeness (QED) is 0.892. The average molecular weight is 256 g/mol. The number of nitrogens with two attached hydrogens (primary N) is 1. The van der Waals surface area contributed by atoms with Crippen LogP contribution in [0, 0.1) is 6.92 Å². The molecular weight excluding hydrogens is 236 g/mol. The maximum Gasteiger partial charge on any atom is 0.124 e. The van der Waals surface area contributed by atoms with E-state index >= 15 is 0 Å². The van der Waals surface area contributed by atoms with Gasteiger partial charge >= 0.3 is 0 Å². The summed E-state index contributed by atoms with van der Waals surface area (Å²) < 4.78 is 5.88. The highest BCUT2D eigenvalue weighted by atomic mass is 16.5. The van der Waals surface area contributed by atoms with E-state index in [2.05, 4.69) is 18.0 Å². The van der Waals surface area contributed by atoms with Crippen molar-refractivity contribution < 1.29 is 4.74 Å². The molecule has 0 aliphatic carbocycles. The van der Waals surface area contributed by atoms with Crippen LogP contribution in [0.4, 0.5) is 0 Å². The minimum Gasteiger partial charge on any atom is -0.489 e. The van der Waals surface area contributed by atoms with Gasteiger partial charge in [-0.05, 0) is 31.0 Å². The van der Waals surface area contributed by atoms with E-state index in [0.29, 0.717) is 6.61 Å². The molecule has 0 amide bonds. The predicted molar refractivity (Wildman–Crippen MR) is 77.0 cm³/mol. The Hall–Kier alpha value is -1.87. The molecule has 0 spiro atoms. The van der Waals surface area contributed by atoms with Crippen molar-refractivity contribution in [3.63, 3.8) is 0 Å². The molecule has 1 aromatic heterocycles. The summed E-state index contributed by atoms with van der Waals surface area (Å²) in [6, 6.07) is 10.1. The van der Waals surface area contributed by atoms with Gasteiger partial charge in [0.05, 0.1) is 0 Å². The first kappa shape index (κ1) is 13.6. The zero-order valence-electron chi connectivity index (χ0n) is 11.5. The van der Waals surface area contributed by atoms with Crippen LogP contribution in [0.5, 0.6) is 5.75 Å². The maximum absolute atomic E-state index is 6.10. The van der Waals surface area contributed by atoms with Crippen LogP contribution in [0.25, 0.3) is 0 Å². The number of aromatic nitrogens is 1. The average Bonchev–Trinajstić information content (AvgIpc) is 2.45. The lowest BCUT2D eigenvalue weighted by atomic mass is 10.0. The lowest BCUT2D eigenvalue weighted by molar-refractivity contribution is 0.300. The summed E-state index contributed by atoms with van der Waals surface area (Å²) in [6.07, 6.45) is 4.56. The number of hydrogen-bond acceptors (Lipinski definition) is 3. The van der Waals surface area contributed by atoms with Crippen LogP contribution in [0.3, 0.4) is 0 Å². The molecule has 1 heterocycles. The number of ether oxygens (including phenoxy) is 1. The van der Waals surface area contributed by atoms with Gasteiger partial charge in [-0.2, -0.15) is 0 Å². The van der Waals surface area contributed by atoms with Gasteiger partial charge in [-0.3, -0.25) is 4.98 Å². The van der Waals surface area contributed by atoms with E-state index in [1.54, 1.807) is 0 Å². The molecule has 0 aliphatic rings. The Morgan fingerprint density at radius 3 is 2.79 bits per heavy atom. The van der Waals surface area contributed by atoms with Gasteiger partial charge in [-0.15, -0.1) is 0 Å². The van der Waals surface area contributed by atoms with Crippen LogP contribution in [0.1, 0.15) is 36.1 Å². The first-order chi connectivity index (χ1) is 9.20. The number of hydrogen-bond donors (Lipinski definition) is 1. The fraction of sp³-hybridized carbons (Fsp3) is 0.312. The molecule has 0 radical (unpaired) electrons. The number of nitrogens with zero attached hydrogens (tertiary/aromatic N) is 1. The molecule has 3 heteroatoms. The molecule has 19 heavy (non-hydrogen) atoms. The molecule has 0 saturated heterocycles. The fourth-order valence-corrected chi connectivity index (χ4v) is 2.00. The molecule has 0 fully saturated rings. The molecule has 3 nitrogen and oxygen atoms in total. The predicted octanol–water partition coefficient (Wildman–Crippen LogP) is 3.38. The second-order valence-corrected chi connectivity index (χ2v) is 4.71. The molecule has 2 rings (SSSR count).